The van der Waals surface area contributed by atoms with Crippen molar-refractivity contribution in [2.45, 2.75) is 19.8 Å². The van der Waals surface area contributed by atoms with Crippen molar-refractivity contribution in [3.05, 3.63) is 76.4 Å². The number of hydrogen-bond acceptors (Lipinski definition) is 2. The van der Waals surface area contributed by atoms with Crippen LogP contribution in [0.3, 0.4) is 0 Å². The highest BCUT2D eigenvalue weighted by atomic mass is 79.9. The van der Waals surface area contributed by atoms with Crippen molar-refractivity contribution in [1.29, 1.82) is 0 Å². The topological polar surface area (TPSA) is 46.9 Å². The molecule has 3 aromatic rings. The number of nitrogens with zero attached hydrogens (tertiary/aromatic N) is 2. The third kappa shape index (κ3) is 3.57. The maximum Gasteiger partial charge on any atom is 0.258 e. The van der Waals surface area contributed by atoms with Crippen LogP contribution >= 0.6 is 15.9 Å². The first-order chi connectivity index (χ1) is 11.5. The smallest absolute Gasteiger partial charge is 0.258 e. The van der Waals surface area contributed by atoms with Crippen molar-refractivity contribution in [2.75, 3.05) is 5.32 Å². The van der Waals surface area contributed by atoms with Crippen LogP contribution in [0.25, 0.3) is 5.69 Å². The third-order valence-electron chi connectivity index (χ3n) is 3.77. The number of carbonyl (C=O) groups is 1. The molecule has 0 saturated heterocycles. The molecule has 0 radical (unpaired) electrons. The molecule has 1 amide bonds. The summed E-state index contributed by atoms with van der Waals surface area (Å²) in [6.07, 6.45) is 1.83. The van der Waals surface area contributed by atoms with Gasteiger partial charge in [0.05, 0.1) is 11.3 Å². The first-order valence-electron chi connectivity index (χ1n) is 7.76. The van der Waals surface area contributed by atoms with Gasteiger partial charge in [-0.1, -0.05) is 38.1 Å². The van der Waals surface area contributed by atoms with Crippen molar-refractivity contribution in [3.8, 4) is 5.69 Å². The largest absolute Gasteiger partial charge is 0.305 e. The summed E-state index contributed by atoms with van der Waals surface area (Å²) < 4.78 is 2.51. The summed E-state index contributed by atoms with van der Waals surface area (Å²) in [5, 5.41) is 7.24. The summed E-state index contributed by atoms with van der Waals surface area (Å²) in [7, 11) is 0. The summed E-state index contributed by atoms with van der Waals surface area (Å²) in [6, 6.07) is 17.3. The molecular weight excluding hydrogens is 366 g/mol. The highest BCUT2D eigenvalue weighted by Gasteiger charge is 2.11. The molecule has 2 aromatic carbocycles. The van der Waals surface area contributed by atoms with Gasteiger partial charge in [-0.2, -0.15) is 5.10 Å². The third-order valence-corrected chi connectivity index (χ3v) is 4.46. The van der Waals surface area contributed by atoms with Crippen LogP contribution < -0.4 is 5.32 Å². The number of nitrogens with one attached hydrogen (secondary N) is 1. The molecule has 0 aliphatic carbocycles. The molecule has 0 unspecified atom stereocenters. The Morgan fingerprint density at radius 2 is 1.79 bits per heavy atom. The zero-order chi connectivity index (χ0) is 17.1. The van der Waals surface area contributed by atoms with Crippen molar-refractivity contribution in [2.24, 2.45) is 0 Å². The van der Waals surface area contributed by atoms with E-state index in [1.807, 2.05) is 36.5 Å². The summed E-state index contributed by atoms with van der Waals surface area (Å²) in [4.78, 5) is 12.3. The molecule has 0 atom stereocenters. The molecule has 0 spiro atoms. The molecule has 0 fully saturated rings. The molecule has 0 bridgehead atoms. The second kappa shape index (κ2) is 7.01. The van der Waals surface area contributed by atoms with Crippen LogP contribution in [0, 0.1) is 0 Å². The zero-order valence-electron chi connectivity index (χ0n) is 13.5. The van der Waals surface area contributed by atoms with Gasteiger partial charge in [0.25, 0.3) is 5.91 Å². The predicted octanol–water partition coefficient (Wildman–Crippen LogP) is 5.01. The second-order valence-corrected chi connectivity index (χ2v) is 6.68. The average molecular weight is 384 g/mol. The van der Waals surface area contributed by atoms with Gasteiger partial charge < -0.3 is 5.32 Å². The monoisotopic (exact) mass is 383 g/mol. The van der Waals surface area contributed by atoms with Crippen LogP contribution in [0.15, 0.2) is 65.3 Å². The molecule has 3 rings (SSSR count). The van der Waals surface area contributed by atoms with Crippen LogP contribution in [0.1, 0.15) is 35.7 Å². The number of rotatable bonds is 4. The van der Waals surface area contributed by atoms with Crippen LogP contribution in [0.4, 0.5) is 5.82 Å². The predicted molar refractivity (Wildman–Crippen MR) is 99.7 cm³/mol. The minimum atomic E-state index is -0.192. The first kappa shape index (κ1) is 16.5. The lowest BCUT2D eigenvalue weighted by Crippen LogP contribution is -2.13. The molecule has 4 nitrogen and oxygen atoms in total. The van der Waals surface area contributed by atoms with Gasteiger partial charge in [-0.25, -0.2) is 4.68 Å². The Kier molecular flexibility index (Phi) is 4.81. The number of benzene rings is 2. The second-order valence-electron chi connectivity index (χ2n) is 5.83. The van der Waals surface area contributed by atoms with Gasteiger partial charge in [0.1, 0.15) is 0 Å². The number of anilines is 1. The standard InChI is InChI=1S/C19H18BrN3O/c1-13(2)14-7-9-15(10-8-14)23-12-11-18(22-23)21-19(24)16-5-3-4-6-17(16)20/h3-13H,1-2H3,(H,21,22,24). The first-order valence-corrected chi connectivity index (χ1v) is 8.56. The van der Waals surface area contributed by atoms with Gasteiger partial charge in [0, 0.05) is 16.7 Å². The van der Waals surface area contributed by atoms with Gasteiger partial charge >= 0.3 is 0 Å². The number of halogens is 1. The minimum absolute atomic E-state index is 0.192. The van der Waals surface area contributed by atoms with Crippen LogP contribution in [0.2, 0.25) is 0 Å². The number of carbonyl (C=O) groups excluding carboxylic acids is 1. The molecule has 0 aliphatic rings. The molecule has 5 heteroatoms. The van der Waals surface area contributed by atoms with Gasteiger partial charge in [-0.05, 0) is 51.7 Å². The molecule has 0 saturated carbocycles. The lowest BCUT2D eigenvalue weighted by Gasteiger charge is -2.07. The zero-order valence-corrected chi connectivity index (χ0v) is 15.1. The summed E-state index contributed by atoms with van der Waals surface area (Å²) in [6.45, 7) is 4.33. The van der Waals surface area contributed by atoms with E-state index in [0.717, 1.165) is 10.2 Å². The SMILES string of the molecule is CC(C)c1ccc(-n2ccc(NC(=O)c3ccccc3Br)n2)cc1. The molecule has 0 aliphatic heterocycles. The number of amides is 1. The molecule has 1 heterocycles. The van der Waals surface area contributed by atoms with Gasteiger partial charge in [-0.15, -0.1) is 0 Å². The van der Waals surface area contributed by atoms with Crippen molar-refractivity contribution in [3.63, 3.8) is 0 Å². The Balaban J connectivity index is 1.76. The molecular formula is C19H18BrN3O. The van der Waals surface area contributed by atoms with Crippen molar-refractivity contribution < 1.29 is 4.79 Å². The highest BCUT2D eigenvalue weighted by molar-refractivity contribution is 9.10. The maximum absolute atomic E-state index is 12.3. The average Bonchev–Trinajstić information content (AvgIpc) is 3.03. The lowest BCUT2D eigenvalue weighted by molar-refractivity contribution is 0.102. The minimum Gasteiger partial charge on any atom is -0.305 e. The number of aromatic nitrogens is 2. The Morgan fingerprint density at radius 3 is 2.46 bits per heavy atom. The van der Waals surface area contributed by atoms with E-state index in [1.54, 1.807) is 16.8 Å². The van der Waals surface area contributed by atoms with Gasteiger partial charge in [0.2, 0.25) is 0 Å². The van der Waals surface area contributed by atoms with Gasteiger partial charge in [0.15, 0.2) is 5.82 Å². The highest BCUT2D eigenvalue weighted by Crippen LogP contribution is 2.19. The van der Waals surface area contributed by atoms with E-state index in [0.29, 0.717) is 17.3 Å². The van der Waals surface area contributed by atoms with E-state index in [-0.39, 0.29) is 5.91 Å². The Morgan fingerprint density at radius 1 is 1.08 bits per heavy atom. The fraction of sp³-hybridized carbons (Fsp3) is 0.158. The van der Waals surface area contributed by atoms with Crippen LogP contribution in [-0.2, 0) is 0 Å². The summed E-state index contributed by atoms with van der Waals surface area (Å²) in [5.41, 5.74) is 2.82. The van der Waals surface area contributed by atoms with E-state index < -0.39 is 0 Å². The van der Waals surface area contributed by atoms with Crippen LogP contribution in [-0.4, -0.2) is 15.7 Å². The van der Waals surface area contributed by atoms with Crippen LogP contribution in [0.5, 0.6) is 0 Å². The molecule has 24 heavy (non-hydrogen) atoms. The van der Waals surface area contributed by atoms with Crippen molar-refractivity contribution in [1.82, 2.24) is 9.78 Å². The Bertz CT molecular complexity index is 853. The fourth-order valence-corrected chi connectivity index (χ4v) is 2.84. The summed E-state index contributed by atoms with van der Waals surface area (Å²) in [5.74, 6) is 0.822. The van der Waals surface area contributed by atoms with Gasteiger partial charge in [-0.3, -0.25) is 4.79 Å². The maximum atomic E-state index is 12.3. The van der Waals surface area contributed by atoms with E-state index in [2.05, 4.69) is 52.3 Å². The van der Waals surface area contributed by atoms with Crippen molar-refractivity contribution >= 4 is 27.7 Å². The van der Waals surface area contributed by atoms with E-state index in [4.69, 9.17) is 0 Å². The molecule has 1 N–H and O–H groups in total. The summed E-state index contributed by atoms with van der Waals surface area (Å²) >= 11 is 3.38. The van der Waals surface area contributed by atoms with E-state index >= 15 is 0 Å². The van der Waals surface area contributed by atoms with E-state index in [9.17, 15) is 4.79 Å². The fourth-order valence-electron chi connectivity index (χ4n) is 2.38. The number of hydrogen-bond donors (Lipinski definition) is 1. The molecule has 122 valence electrons. The molecule has 1 aromatic heterocycles. The Labute approximate surface area is 149 Å². The Hall–Kier alpha value is -2.40. The quantitative estimate of drug-likeness (QED) is 0.687. The van der Waals surface area contributed by atoms with E-state index in [1.165, 1.54) is 5.56 Å². The normalized spacial score (nSPS) is 10.8. The lowest BCUT2D eigenvalue weighted by atomic mass is 10.0.